The molecule has 4 heterocycles. The first-order valence-corrected chi connectivity index (χ1v) is 8.77. The van der Waals surface area contributed by atoms with Crippen molar-refractivity contribution in [3.8, 4) is 0 Å². The van der Waals surface area contributed by atoms with Crippen LogP contribution >= 0.6 is 0 Å². The van der Waals surface area contributed by atoms with Gasteiger partial charge in [0.25, 0.3) is 0 Å². The molecule has 0 bridgehead atoms. The van der Waals surface area contributed by atoms with Crippen LogP contribution in [0.3, 0.4) is 0 Å². The summed E-state index contributed by atoms with van der Waals surface area (Å²) in [5, 5.41) is 29.4. The van der Waals surface area contributed by atoms with E-state index < -0.39 is 0 Å². The maximum absolute atomic E-state index is 9.95. The Morgan fingerprint density at radius 3 is 2.73 bits per heavy atom. The molecular weight excluding hydrogens is 334 g/mol. The molecule has 10 nitrogen and oxygen atoms in total. The number of H-pyrrole nitrogens is 1. The number of nitrogens with zero attached hydrogens (tertiary/aromatic N) is 8. The Morgan fingerprint density at radius 2 is 2.12 bits per heavy atom. The van der Waals surface area contributed by atoms with Crippen LogP contribution in [0.4, 0.5) is 5.82 Å². The molecule has 2 atom stereocenters. The maximum atomic E-state index is 9.95. The fraction of sp³-hybridized carbons (Fsp3) is 0.625. The quantitative estimate of drug-likeness (QED) is 0.706. The standard InChI is InChI=1S/C16H23N9O/c1-9(12-20-22-23-21-12)25-14-11(7-17-25)13(24-6-5-10(26)8-24)18-15(19-14)16(2,3)4/h7,9-10,26H,5-6,8H2,1-4H3,(H,20,21,22,23). The number of nitrogens with one attached hydrogen (secondary N) is 1. The lowest BCUT2D eigenvalue weighted by Crippen LogP contribution is -2.25. The molecule has 1 aliphatic heterocycles. The summed E-state index contributed by atoms with van der Waals surface area (Å²) in [5.74, 6) is 2.18. The predicted octanol–water partition coefficient (Wildman–Crippen LogP) is 0.817. The number of aliphatic hydroxyl groups excluding tert-OH is 1. The molecule has 1 saturated heterocycles. The molecule has 26 heavy (non-hydrogen) atoms. The number of rotatable bonds is 3. The van der Waals surface area contributed by atoms with E-state index in [0.29, 0.717) is 12.4 Å². The average molecular weight is 357 g/mol. The Kier molecular flexibility index (Phi) is 3.87. The van der Waals surface area contributed by atoms with Crippen LogP contribution in [0.5, 0.6) is 0 Å². The average Bonchev–Trinajstić information content (AvgIpc) is 3.32. The van der Waals surface area contributed by atoms with E-state index in [2.05, 4.69) is 51.4 Å². The van der Waals surface area contributed by atoms with E-state index in [1.165, 1.54) is 0 Å². The van der Waals surface area contributed by atoms with Gasteiger partial charge in [-0.25, -0.2) is 19.7 Å². The lowest BCUT2D eigenvalue weighted by atomic mass is 9.95. The van der Waals surface area contributed by atoms with Crippen LogP contribution in [0.2, 0.25) is 0 Å². The van der Waals surface area contributed by atoms with Gasteiger partial charge in [0.1, 0.15) is 17.7 Å². The second kappa shape index (κ2) is 5.97. The SMILES string of the molecule is CC(c1nnn[nH]1)n1ncc2c(N3CCC(O)C3)nc(C(C)(C)C)nc21. The fourth-order valence-corrected chi connectivity index (χ4v) is 3.16. The number of tetrazole rings is 1. The molecular formula is C16H23N9O. The highest BCUT2D eigenvalue weighted by atomic mass is 16.3. The minimum absolute atomic E-state index is 0.192. The Labute approximate surface area is 150 Å². The van der Waals surface area contributed by atoms with E-state index in [9.17, 15) is 5.11 Å². The molecule has 0 aliphatic carbocycles. The van der Waals surface area contributed by atoms with Gasteiger partial charge in [0.2, 0.25) is 0 Å². The van der Waals surface area contributed by atoms with E-state index in [-0.39, 0.29) is 17.6 Å². The molecule has 0 spiro atoms. The van der Waals surface area contributed by atoms with Crippen LogP contribution in [0.25, 0.3) is 11.0 Å². The van der Waals surface area contributed by atoms with Crippen LogP contribution in [0, 0.1) is 0 Å². The third-order valence-corrected chi connectivity index (χ3v) is 4.69. The van der Waals surface area contributed by atoms with Crippen molar-refractivity contribution in [1.29, 1.82) is 0 Å². The number of hydrogen-bond acceptors (Lipinski definition) is 8. The Hall–Kier alpha value is -2.62. The second-order valence-corrected chi connectivity index (χ2v) is 7.80. The lowest BCUT2D eigenvalue weighted by molar-refractivity contribution is 0.198. The van der Waals surface area contributed by atoms with Crippen LogP contribution in [0.15, 0.2) is 6.20 Å². The summed E-state index contributed by atoms with van der Waals surface area (Å²) in [4.78, 5) is 11.7. The number of aliphatic hydroxyl groups is 1. The van der Waals surface area contributed by atoms with E-state index in [0.717, 1.165) is 35.6 Å². The van der Waals surface area contributed by atoms with Crippen molar-refractivity contribution in [2.45, 2.75) is 51.7 Å². The molecule has 3 aromatic heterocycles. The molecule has 0 radical (unpaired) electrons. The number of hydrogen-bond donors (Lipinski definition) is 2. The summed E-state index contributed by atoms with van der Waals surface area (Å²) < 4.78 is 1.81. The van der Waals surface area contributed by atoms with Gasteiger partial charge in [-0.1, -0.05) is 20.8 Å². The summed E-state index contributed by atoms with van der Waals surface area (Å²) in [5.41, 5.74) is 0.526. The molecule has 2 unspecified atom stereocenters. The normalized spacial score (nSPS) is 19.4. The van der Waals surface area contributed by atoms with Crippen molar-refractivity contribution >= 4 is 16.9 Å². The van der Waals surface area contributed by atoms with Gasteiger partial charge >= 0.3 is 0 Å². The molecule has 0 amide bonds. The molecule has 3 aromatic rings. The molecule has 138 valence electrons. The van der Waals surface area contributed by atoms with Gasteiger partial charge in [0.05, 0.1) is 17.7 Å². The molecule has 2 N–H and O–H groups in total. The largest absolute Gasteiger partial charge is 0.391 e. The topological polar surface area (TPSA) is 122 Å². The number of anilines is 1. The Morgan fingerprint density at radius 1 is 1.31 bits per heavy atom. The van der Waals surface area contributed by atoms with Crippen molar-refractivity contribution < 1.29 is 5.11 Å². The monoisotopic (exact) mass is 357 g/mol. The summed E-state index contributed by atoms with van der Waals surface area (Å²) in [6.07, 6.45) is 2.19. The summed E-state index contributed by atoms with van der Waals surface area (Å²) in [6.45, 7) is 9.56. The van der Waals surface area contributed by atoms with E-state index in [4.69, 9.17) is 9.97 Å². The molecule has 0 aromatic carbocycles. The second-order valence-electron chi connectivity index (χ2n) is 7.80. The van der Waals surface area contributed by atoms with Gasteiger partial charge < -0.3 is 10.0 Å². The Balaban J connectivity index is 1.88. The van der Waals surface area contributed by atoms with Gasteiger partial charge in [0, 0.05) is 18.5 Å². The first kappa shape index (κ1) is 16.8. The molecule has 0 saturated carbocycles. The first-order valence-electron chi connectivity index (χ1n) is 8.77. The van der Waals surface area contributed by atoms with Gasteiger partial charge in [-0.05, 0) is 23.8 Å². The van der Waals surface area contributed by atoms with Crippen LogP contribution in [0.1, 0.15) is 51.8 Å². The molecule has 10 heteroatoms. The maximum Gasteiger partial charge on any atom is 0.173 e. The zero-order valence-corrected chi connectivity index (χ0v) is 15.4. The molecule has 1 fully saturated rings. The first-order chi connectivity index (χ1) is 12.3. The van der Waals surface area contributed by atoms with Gasteiger partial charge in [-0.2, -0.15) is 5.10 Å². The smallest absolute Gasteiger partial charge is 0.173 e. The predicted molar refractivity (Wildman–Crippen MR) is 94.9 cm³/mol. The van der Waals surface area contributed by atoms with Gasteiger partial charge in [-0.3, -0.25) is 0 Å². The highest BCUT2D eigenvalue weighted by Crippen LogP contribution is 2.31. The zero-order chi connectivity index (χ0) is 18.5. The lowest BCUT2D eigenvalue weighted by Gasteiger charge is -2.22. The highest BCUT2D eigenvalue weighted by Gasteiger charge is 2.29. The number of aromatic nitrogens is 8. The van der Waals surface area contributed by atoms with E-state index in [1.807, 2.05) is 11.6 Å². The van der Waals surface area contributed by atoms with Crippen molar-refractivity contribution in [1.82, 2.24) is 40.4 Å². The Bertz CT molecular complexity index is 912. The van der Waals surface area contributed by atoms with Crippen molar-refractivity contribution in [3.05, 3.63) is 17.8 Å². The van der Waals surface area contributed by atoms with E-state index >= 15 is 0 Å². The number of β-amino-alcohol motifs (C(OH)–C–C–N with tert-alkyl or cyclic N) is 1. The van der Waals surface area contributed by atoms with Crippen LogP contribution in [-0.4, -0.2) is 64.7 Å². The number of aromatic amines is 1. The van der Waals surface area contributed by atoms with Gasteiger partial charge in [0.15, 0.2) is 11.5 Å². The van der Waals surface area contributed by atoms with Crippen molar-refractivity contribution in [2.24, 2.45) is 0 Å². The van der Waals surface area contributed by atoms with Crippen molar-refractivity contribution in [2.75, 3.05) is 18.0 Å². The van der Waals surface area contributed by atoms with Crippen LogP contribution < -0.4 is 4.90 Å². The minimum Gasteiger partial charge on any atom is -0.391 e. The summed E-state index contributed by atoms with van der Waals surface area (Å²) >= 11 is 0. The zero-order valence-electron chi connectivity index (χ0n) is 15.4. The third-order valence-electron chi connectivity index (χ3n) is 4.69. The third kappa shape index (κ3) is 2.79. The van der Waals surface area contributed by atoms with Crippen molar-refractivity contribution in [3.63, 3.8) is 0 Å². The molecule has 4 rings (SSSR count). The summed E-state index contributed by atoms with van der Waals surface area (Å²) in [7, 11) is 0. The van der Waals surface area contributed by atoms with Gasteiger partial charge in [-0.15, -0.1) is 5.10 Å². The highest BCUT2D eigenvalue weighted by molar-refractivity contribution is 5.87. The number of fused-ring (bicyclic) bond motifs is 1. The fourth-order valence-electron chi connectivity index (χ4n) is 3.16. The van der Waals surface area contributed by atoms with Crippen LogP contribution in [-0.2, 0) is 5.41 Å². The molecule has 1 aliphatic rings. The minimum atomic E-state index is -0.327. The van der Waals surface area contributed by atoms with E-state index in [1.54, 1.807) is 6.20 Å². The summed E-state index contributed by atoms with van der Waals surface area (Å²) in [6, 6.07) is -0.192.